The zero-order chi connectivity index (χ0) is 8.97. The zero-order valence-corrected chi connectivity index (χ0v) is 8.08. The maximum atomic E-state index is 8.98. The van der Waals surface area contributed by atoms with Crippen molar-refractivity contribution in [2.75, 3.05) is 26.7 Å². The summed E-state index contributed by atoms with van der Waals surface area (Å²) >= 11 is 0. The molecule has 0 aromatic heterocycles. The summed E-state index contributed by atoms with van der Waals surface area (Å²) in [5.41, 5.74) is 0. The molecule has 3 nitrogen and oxygen atoms in total. The Morgan fingerprint density at radius 3 is 2.83 bits per heavy atom. The van der Waals surface area contributed by atoms with E-state index in [4.69, 9.17) is 5.11 Å². The van der Waals surface area contributed by atoms with Crippen molar-refractivity contribution in [3.8, 4) is 0 Å². The van der Waals surface area contributed by atoms with Crippen molar-refractivity contribution in [3.63, 3.8) is 0 Å². The fraction of sp³-hybridized carbons (Fsp3) is 1.00. The second-order valence-corrected chi connectivity index (χ2v) is 3.70. The number of aliphatic hydroxyl groups is 1. The molecule has 0 saturated carbocycles. The zero-order valence-electron chi connectivity index (χ0n) is 8.08. The van der Waals surface area contributed by atoms with Crippen LogP contribution in [0.4, 0.5) is 0 Å². The van der Waals surface area contributed by atoms with Crippen LogP contribution in [-0.4, -0.2) is 48.8 Å². The monoisotopic (exact) mass is 172 g/mol. The minimum Gasteiger partial charge on any atom is -0.395 e. The highest BCUT2D eigenvalue weighted by molar-refractivity contribution is 4.81. The van der Waals surface area contributed by atoms with Crippen molar-refractivity contribution < 1.29 is 5.11 Å². The van der Waals surface area contributed by atoms with Crippen molar-refractivity contribution in [1.29, 1.82) is 0 Å². The molecule has 3 heteroatoms. The Labute approximate surface area is 74.8 Å². The molecule has 2 N–H and O–H groups in total. The van der Waals surface area contributed by atoms with Gasteiger partial charge in [-0.1, -0.05) is 6.92 Å². The van der Waals surface area contributed by atoms with Gasteiger partial charge in [0.1, 0.15) is 0 Å². The van der Waals surface area contributed by atoms with Gasteiger partial charge in [-0.2, -0.15) is 0 Å². The summed E-state index contributed by atoms with van der Waals surface area (Å²) in [6, 6.07) is 0.883. The molecule has 1 unspecified atom stereocenters. The molecule has 1 fully saturated rings. The Bertz CT molecular complexity index is 126. The highest BCUT2D eigenvalue weighted by Gasteiger charge is 2.20. The number of hydrogen-bond acceptors (Lipinski definition) is 3. The average Bonchev–Trinajstić information content (AvgIpc) is 2.47. The third kappa shape index (κ3) is 2.73. The molecule has 1 aliphatic rings. The Kier molecular flexibility index (Phi) is 3.98. The number of likely N-dealkylation sites (N-methyl/N-ethyl adjacent to an activating group) is 1. The molecule has 1 rings (SSSR count). The van der Waals surface area contributed by atoms with Crippen molar-refractivity contribution in [2.24, 2.45) is 0 Å². The number of aliphatic hydroxyl groups excluding tert-OH is 1. The second-order valence-electron chi connectivity index (χ2n) is 3.70. The fourth-order valence-electron chi connectivity index (χ4n) is 1.70. The lowest BCUT2D eigenvalue weighted by Gasteiger charge is -2.19. The lowest BCUT2D eigenvalue weighted by Crippen LogP contribution is -2.41. The predicted molar refractivity (Wildman–Crippen MR) is 50.2 cm³/mol. The van der Waals surface area contributed by atoms with E-state index in [2.05, 4.69) is 24.2 Å². The molecular weight excluding hydrogens is 152 g/mol. The number of nitrogens with zero attached hydrogens (tertiary/aromatic N) is 1. The van der Waals surface area contributed by atoms with Gasteiger partial charge in [0.2, 0.25) is 0 Å². The van der Waals surface area contributed by atoms with Crippen LogP contribution >= 0.6 is 0 Å². The largest absolute Gasteiger partial charge is 0.395 e. The molecule has 0 aliphatic carbocycles. The number of rotatable bonds is 4. The Hall–Kier alpha value is -0.120. The van der Waals surface area contributed by atoms with E-state index in [9.17, 15) is 0 Å². The normalized spacial score (nSPS) is 27.8. The Morgan fingerprint density at radius 2 is 2.42 bits per heavy atom. The molecule has 1 saturated heterocycles. The molecule has 0 amide bonds. The predicted octanol–water partition coefficient (Wildman–Crippen LogP) is 0.0510. The summed E-state index contributed by atoms with van der Waals surface area (Å²) in [5, 5.41) is 12.4. The molecule has 12 heavy (non-hydrogen) atoms. The molecular formula is C9H20N2O. The lowest BCUT2D eigenvalue weighted by atomic mass is 10.2. The van der Waals surface area contributed by atoms with Crippen LogP contribution in [0.1, 0.15) is 19.8 Å². The fourth-order valence-corrected chi connectivity index (χ4v) is 1.70. The smallest absolute Gasteiger partial charge is 0.0584 e. The van der Waals surface area contributed by atoms with E-state index in [0.29, 0.717) is 12.1 Å². The van der Waals surface area contributed by atoms with Gasteiger partial charge in [0.15, 0.2) is 0 Å². The van der Waals surface area contributed by atoms with E-state index in [-0.39, 0.29) is 6.61 Å². The molecule has 0 aromatic carbocycles. The van der Waals surface area contributed by atoms with Crippen molar-refractivity contribution >= 4 is 0 Å². The SMILES string of the molecule is CC[C@@H](CO)NC1CCN(C)C1. The third-order valence-corrected chi connectivity index (χ3v) is 2.58. The first kappa shape index (κ1) is 9.96. The van der Waals surface area contributed by atoms with Gasteiger partial charge in [0.25, 0.3) is 0 Å². The standard InChI is InChI=1S/C9H20N2O/c1-3-8(7-12)10-9-4-5-11(2)6-9/h8-10,12H,3-7H2,1-2H3/t8-,9?/m0/s1. The van der Waals surface area contributed by atoms with Crippen LogP contribution in [0.5, 0.6) is 0 Å². The molecule has 1 aliphatic heterocycles. The van der Waals surface area contributed by atoms with Crippen LogP contribution in [0.2, 0.25) is 0 Å². The minimum atomic E-state index is 0.261. The van der Waals surface area contributed by atoms with Gasteiger partial charge in [0.05, 0.1) is 6.61 Å². The first-order valence-electron chi connectivity index (χ1n) is 4.81. The van der Waals surface area contributed by atoms with Crippen LogP contribution < -0.4 is 5.32 Å². The first-order chi connectivity index (χ1) is 5.76. The van der Waals surface area contributed by atoms with Gasteiger partial charge < -0.3 is 15.3 Å². The van der Waals surface area contributed by atoms with E-state index in [1.165, 1.54) is 13.0 Å². The summed E-state index contributed by atoms with van der Waals surface area (Å²) in [6.07, 6.45) is 2.23. The van der Waals surface area contributed by atoms with Crippen molar-refractivity contribution in [1.82, 2.24) is 10.2 Å². The van der Waals surface area contributed by atoms with E-state index in [1.807, 2.05) is 0 Å². The quantitative estimate of drug-likeness (QED) is 0.629. The Morgan fingerprint density at radius 1 is 1.67 bits per heavy atom. The second kappa shape index (κ2) is 4.80. The number of hydrogen-bond donors (Lipinski definition) is 2. The highest BCUT2D eigenvalue weighted by Crippen LogP contribution is 2.07. The van der Waals surface area contributed by atoms with Gasteiger partial charge in [-0.25, -0.2) is 0 Å². The van der Waals surface area contributed by atoms with Crippen LogP contribution in [-0.2, 0) is 0 Å². The molecule has 1 heterocycles. The Balaban J connectivity index is 2.21. The van der Waals surface area contributed by atoms with Gasteiger partial charge in [-0.15, -0.1) is 0 Å². The average molecular weight is 172 g/mol. The maximum absolute atomic E-state index is 8.98. The third-order valence-electron chi connectivity index (χ3n) is 2.58. The van der Waals surface area contributed by atoms with E-state index < -0.39 is 0 Å². The molecule has 2 atom stereocenters. The number of likely N-dealkylation sites (tertiary alicyclic amines) is 1. The van der Waals surface area contributed by atoms with E-state index in [0.717, 1.165) is 13.0 Å². The molecule has 0 aromatic rings. The summed E-state index contributed by atoms with van der Waals surface area (Å²) in [5.74, 6) is 0. The molecule has 72 valence electrons. The molecule has 0 radical (unpaired) electrons. The summed E-state index contributed by atoms with van der Waals surface area (Å²) in [6.45, 7) is 4.67. The van der Waals surface area contributed by atoms with Crippen molar-refractivity contribution in [2.45, 2.75) is 31.8 Å². The number of nitrogens with one attached hydrogen (secondary N) is 1. The van der Waals surface area contributed by atoms with Crippen LogP contribution in [0, 0.1) is 0 Å². The van der Waals surface area contributed by atoms with Crippen LogP contribution in [0.25, 0.3) is 0 Å². The lowest BCUT2D eigenvalue weighted by molar-refractivity contribution is 0.227. The molecule has 0 bridgehead atoms. The summed E-state index contributed by atoms with van der Waals surface area (Å²) in [4.78, 5) is 2.32. The van der Waals surface area contributed by atoms with E-state index >= 15 is 0 Å². The first-order valence-corrected chi connectivity index (χ1v) is 4.81. The van der Waals surface area contributed by atoms with Crippen LogP contribution in [0.3, 0.4) is 0 Å². The van der Waals surface area contributed by atoms with E-state index in [1.54, 1.807) is 0 Å². The van der Waals surface area contributed by atoms with Crippen molar-refractivity contribution in [3.05, 3.63) is 0 Å². The van der Waals surface area contributed by atoms with Crippen LogP contribution in [0.15, 0.2) is 0 Å². The van der Waals surface area contributed by atoms with Gasteiger partial charge in [-0.05, 0) is 26.4 Å². The minimum absolute atomic E-state index is 0.261. The topological polar surface area (TPSA) is 35.5 Å². The van der Waals surface area contributed by atoms with Gasteiger partial charge >= 0.3 is 0 Å². The molecule has 0 spiro atoms. The summed E-state index contributed by atoms with van der Waals surface area (Å²) < 4.78 is 0. The summed E-state index contributed by atoms with van der Waals surface area (Å²) in [7, 11) is 2.14. The maximum Gasteiger partial charge on any atom is 0.0584 e. The van der Waals surface area contributed by atoms with Gasteiger partial charge in [-0.3, -0.25) is 0 Å². The van der Waals surface area contributed by atoms with Gasteiger partial charge in [0, 0.05) is 18.6 Å². The highest BCUT2D eigenvalue weighted by atomic mass is 16.3.